The van der Waals surface area contributed by atoms with Crippen LogP contribution in [0.15, 0.2) is 29.2 Å². The molecule has 3 nitrogen and oxygen atoms in total. The first kappa shape index (κ1) is 13.3. The van der Waals surface area contributed by atoms with Gasteiger partial charge in [-0.15, -0.1) is 11.8 Å². The number of thioether (sulfide) groups is 1. The van der Waals surface area contributed by atoms with Crippen molar-refractivity contribution in [2.75, 3.05) is 18.8 Å². The second kappa shape index (κ2) is 6.14. The Morgan fingerprint density at radius 2 is 2.06 bits per heavy atom. The number of phenols is 1. The number of amides is 1. The molecule has 1 fully saturated rings. The molecule has 1 amide bonds. The zero-order chi connectivity index (χ0) is 13.0. The van der Waals surface area contributed by atoms with Crippen LogP contribution in [0, 0.1) is 5.92 Å². The fourth-order valence-electron chi connectivity index (χ4n) is 2.07. The molecular weight excluding hydrogens is 246 g/mol. The molecule has 0 aromatic heterocycles. The van der Waals surface area contributed by atoms with Gasteiger partial charge in [-0.05, 0) is 30.9 Å². The van der Waals surface area contributed by atoms with Gasteiger partial charge in [-0.3, -0.25) is 4.79 Å². The lowest BCUT2D eigenvalue weighted by Gasteiger charge is -2.30. The Balaban J connectivity index is 1.83. The maximum Gasteiger partial charge on any atom is 0.232 e. The highest BCUT2D eigenvalue weighted by Crippen LogP contribution is 2.28. The van der Waals surface area contributed by atoms with E-state index in [9.17, 15) is 9.90 Å². The lowest BCUT2D eigenvalue weighted by molar-refractivity contribution is -0.129. The summed E-state index contributed by atoms with van der Waals surface area (Å²) >= 11 is 1.41. The van der Waals surface area contributed by atoms with Gasteiger partial charge in [-0.2, -0.15) is 0 Å². The van der Waals surface area contributed by atoms with Crippen molar-refractivity contribution < 1.29 is 9.90 Å². The molecular formula is C14H19NO2S. The predicted molar refractivity (Wildman–Crippen MR) is 73.8 cm³/mol. The summed E-state index contributed by atoms with van der Waals surface area (Å²) in [5.74, 6) is 1.57. The smallest absolute Gasteiger partial charge is 0.232 e. The molecule has 0 saturated carbocycles. The van der Waals surface area contributed by atoms with Gasteiger partial charge in [0.15, 0.2) is 0 Å². The van der Waals surface area contributed by atoms with Crippen molar-refractivity contribution in [2.24, 2.45) is 5.92 Å². The first-order valence-electron chi connectivity index (χ1n) is 6.35. The molecule has 1 N–H and O–H groups in total. The summed E-state index contributed by atoms with van der Waals surface area (Å²) in [5.41, 5.74) is 0. The van der Waals surface area contributed by atoms with Gasteiger partial charge in [0.1, 0.15) is 5.75 Å². The molecule has 0 atom stereocenters. The molecule has 1 aliphatic rings. The van der Waals surface area contributed by atoms with E-state index in [2.05, 4.69) is 6.92 Å². The number of hydrogen-bond acceptors (Lipinski definition) is 3. The van der Waals surface area contributed by atoms with Gasteiger partial charge in [0, 0.05) is 18.0 Å². The first-order chi connectivity index (χ1) is 8.66. The summed E-state index contributed by atoms with van der Waals surface area (Å²) in [6.07, 6.45) is 2.21. The minimum absolute atomic E-state index is 0.176. The Labute approximate surface area is 112 Å². The van der Waals surface area contributed by atoms with E-state index >= 15 is 0 Å². The van der Waals surface area contributed by atoms with E-state index in [-0.39, 0.29) is 11.7 Å². The zero-order valence-electron chi connectivity index (χ0n) is 10.6. The summed E-state index contributed by atoms with van der Waals surface area (Å²) in [5, 5.41) is 9.62. The van der Waals surface area contributed by atoms with Crippen LogP contribution in [-0.2, 0) is 4.79 Å². The molecule has 0 aliphatic carbocycles. The number of hydrogen-bond donors (Lipinski definition) is 1. The van der Waals surface area contributed by atoms with Gasteiger partial charge in [0.25, 0.3) is 0 Å². The van der Waals surface area contributed by atoms with Crippen molar-refractivity contribution in [2.45, 2.75) is 24.7 Å². The third-order valence-corrected chi connectivity index (χ3v) is 4.40. The summed E-state index contributed by atoms with van der Waals surface area (Å²) in [6.45, 7) is 3.99. The molecule has 4 heteroatoms. The SMILES string of the molecule is CC1CCN(C(=O)CSc2ccccc2O)CC1. The van der Waals surface area contributed by atoms with E-state index in [1.54, 1.807) is 12.1 Å². The fourth-order valence-corrected chi connectivity index (χ4v) is 2.92. The van der Waals surface area contributed by atoms with Crippen molar-refractivity contribution in [1.82, 2.24) is 4.90 Å². The number of rotatable bonds is 3. The molecule has 0 spiro atoms. The second-order valence-electron chi connectivity index (χ2n) is 4.82. The number of nitrogens with zero attached hydrogens (tertiary/aromatic N) is 1. The minimum atomic E-state index is 0.176. The van der Waals surface area contributed by atoms with Crippen LogP contribution in [0.3, 0.4) is 0 Å². The average Bonchev–Trinajstić information content (AvgIpc) is 2.38. The summed E-state index contributed by atoms with van der Waals surface area (Å²) in [7, 11) is 0. The fraction of sp³-hybridized carbons (Fsp3) is 0.500. The van der Waals surface area contributed by atoms with Crippen molar-refractivity contribution in [3.63, 3.8) is 0 Å². The molecule has 0 unspecified atom stereocenters. The van der Waals surface area contributed by atoms with E-state index in [1.807, 2.05) is 17.0 Å². The van der Waals surface area contributed by atoms with Gasteiger partial charge >= 0.3 is 0 Å². The number of carbonyl (C=O) groups is 1. The molecule has 0 radical (unpaired) electrons. The minimum Gasteiger partial charge on any atom is -0.507 e. The van der Waals surface area contributed by atoms with Crippen LogP contribution in [0.5, 0.6) is 5.75 Å². The molecule has 1 aromatic carbocycles. The quantitative estimate of drug-likeness (QED) is 0.854. The molecule has 0 bridgehead atoms. The van der Waals surface area contributed by atoms with Crippen LogP contribution in [0.1, 0.15) is 19.8 Å². The lowest BCUT2D eigenvalue weighted by atomic mass is 9.99. The maximum atomic E-state index is 12.0. The largest absolute Gasteiger partial charge is 0.507 e. The molecule has 1 aliphatic heterocycles. The van der Waals surface area contributed by atoms with Crippen molar-refractivity contribution in [1.29, 1.82) is 0 Å². The van der Waals surface area contributed by atoms with E-state index in [0.717, 1.165) is 36.7 Å². The van der Waals surface area contributed by atoms with Crippen molar-refractivity contribution >= 4 is 17.7 Å². The summed E-state index contributed by atoms with van der Waals surface area (Å²) < 4.78 is 0. The van der Waals surface area contributed by atoms with Crippen LogP contribution < -0.4 is 0 Å². The number of piperidine rings is 1. The summed E-state index contributed by atoms with van der Waals surface area (Å²) in [4.78, 5) is 14.7. The van der Waals surface area contributed by atoms with Crippen LogP contribution in [-0.4, -0.2) is 34.8 Å². The Morgan fingerprint density at radius 1 is 1.39 bits per heavy atom. The molecule has 1 saturated heterocycles. The number of para-hydroxylation sites is 1. The number of likely N-dealkylation sites (tertiary alicyclic amines) is 1. The van der Waals surface area contributed by atoms with Crippen molar-refractivity contribution in [3.05, 3.63) is 24.3 Å². The van der Waals surface area contributed by atoms with Gasteiger partial charge in [-0.25, -0.2) is 0 Å². The van der Waals surface area contributed by atoms with Crippen LogP contribution in [0.2, 0.25) is 0 Å². The molecule has 98 valence electrons. The highest BCUT2D eigenvalue weighted by Gasteiger charge is 2.20. The Morgan fingerprint density at radius 3 is 2.72 bits per heavy atom. The normalized spacial score (nSPS) is 16.8. The van der Waals surface area contributed by atoms with Gasteiger partial charge in [0.05, 0.1) is 5.75 Å². The van der Waals surface area contributed by atoms with E-state index < -0.39 is 0 Å². The number of phenolic OH excluding ortho intramolecular Hbond substituents is 1. The van der Waals surface area contributed by atoms with Crippen LogP contribution in [0.25, 0.3) is 0 Å². The molecule has 1 heterocycles. The van der Waals surface area contributed by atoms with Crippen LogP contribution in [0.4, 0.5) is 0 Å². The van der Waals surface area contributed by atoms with Gasteiger partial charge in [0.2, 0.25) is 5.91 Å². The monoisotopic (exact) mass is 265 g/mol. The predicted octanol–water partition coefficient (Wildman–Crippen LogP) is 2.74. The maximum absolute atomic E-state index is 12.0. The van der Waals surface area contributed by atoms with E-state index in [4.69, 9.17) is 0 Å². The van der Waals surface area contributed by atoms with E-state index in [1.165, 1.54) is 11.8 Å². The molecule has 2 rings (SSSR count). The number of benzene rings is 1. The topological polar surface area (TPSA) is 40.5 Å². The highest BCUT2D eigenvalue weighted by atomic mass is 32.2. The van der Waals surface area contributed by atoms with Gasteiger partial charge < -0.3 is 10.0 Å². The number of carbonyl (C=O) groups excluding carboxylic acids is 1. The first-order valence-corrected chi connectivity index (χ1v) is 7.34. The molecule has 1 aromatic rings. The second-order valence-corrected chi connectivity index (χ2v) is 5.84. The Kier molecular flexibility index (Phi) is 4.53. The highest BCUT2D eigenvalue weighted by molar-refractivity contribution is 8.00. The van der Waals surface area contributed by atoms with Gasteiger partial charge in [-0.1, -0.05) is 19.1 Å². The Bertz CT molecular complexity index is 414. The average molecular weight is 265 g/mol. The lowest BCUT2D eigenvalue weighted by Crippen LogP contribution is -2.38. The standard InChI is InChI=1S/C14H19NO2S/c1-11-6-8-15(9-7-11)14(17)10-18-13-5-3-2-4-12(13)16/h2-5,11,16H,6-10H2,1H3. The third-order valence-electron chi connectivity index (χ3n) is 3.35. The zero-order valence-corrected chi connectivity index (χ0v) is 11.4. The van der Waals surface area contributed by atoms with Crippen LogP contribution >= 0.6 is 11.8 Å². The summed E-state index contributed by atoms with van der Waals surface area (Å²) in [6, 6.07) is 7.14. The number of aromatic hydroxyl groups is 1. The van der Waals surface area contributed by atoms with E-state index in [0.29, 0.717) is 5.75 Å². The Hall–Kier alpha value is -1.16. The van der Waals surface area contributed by atoms with Crippen molar-refractivity contribution in [3.8, 4) is 5.75 Å². The third kappa shape index (κ3) is 3.42. The molecule has 18 heavy (non-hydrogen) atoms.